The second kappa shape index (κ2) is 4.65. The first-order chi connectivity index (χ1) is 7.79. The summed E-state index contributed by atoms with van der Waals surface area (Å²) < 4.78 is 5.39. The van der Waals surface area contributed by atoms with E-state index in [1.807, 2.05) is 31.2 Å². The Balaban J connectivity index is 2.02. The van der Waals surface area contributed by atoms with Gasteiger partial charge in [0.15, 0.2) is 5.58 Å². The summed E-state index contributed by atoms with van der Waals surface area (Å²) in [6.07, 6.45) is 0. The van der Waals surface area contributed by atoms with E-state index in [1.165, 1.54) is 0 Å². The summed E-state index contributed by atoms with van der Waals surface area (Å²) in [6.45, 7) is 2.66. The number of para-hydroxylation sites is 2. The number of likely N-dealkylation sites (N-methyl/N-ethyl adjacent to an activating group) is 1. The van der Waals surface area contributed by atoms with E-state index in [9.17, 15) is 4.79 Å². The average molecular weight is 219 g/mol. The van der Waals surface area contributed by atoms with Crippen LogP contribution in [0.5, 0.6) is 0 Å². The number of carbonyl (C=O) groups is 1. The lowest BCUT2D eigenvalue weighted by Crippen LogP contribution is -2.29. The van der Waals surface area contributed by atoms with Gasteiger partial charge in [-0.3, -0.25) is 4.79 Å². The first-order valence-electron chi connectivity index (χ1n) is 5.15. The highest BCUT2D eigenvalue weighted by molar-refractivity contribution is 5.80. The second-order valence-electron chi connectivity index (χ2n) is 3.29. The lowest BCUT2D eigenvalue weighted by atomic mass is 10.3. The number of hydrogen-bond acceptors (Lipinski definition) is 4. The summed E-state index contributed by atoms with van der Waals surface area (Å²) in [5, 5.41) is 5.51. The number of aromatic nitrogens is 1. The quantitative estimate of drug-likeness (QED) is 0.815. The number of oxazole rings is 1. The maximum atomic E-state index is 11.2. The zero-order valence-electron chi connectivity index (χ0n) is 8.99. The van der Waals surface area contributed by atoms with Gasteiger partial charge in [-0.1, -0.05) is 12.1 Å². The normalized spacial score (nSPS) is 10.3. The molecule has 0 saturated heterocycles. The molecule has 0 aliphatic carbocycles. The molecular formula is C11H13N3O2. The minimum absolute atomic E-state index is 0.0789. The maximum Gasteiger partial charge on any atom is 0.296 e. The van der Waals surface area contributed by atoms with Gasteiger partial charge >= 0.3 is 0 Å². The van der Waals surface area contributed by atoms with Crippen molar-refractivity contribution in [2.75, 3.05) is 18.4 Å². The molecule has 5 nitrogen and oxygen atoms in total. The van der Waals surface area contributed by atoms with Crippen molar-refractivity contribution < 1.29 is 9.21 Å². The van der Waals surface area contributed by atoms with Gasteiger partial charge in [0, 0.05) is 6.54 Å². The molecule has 0 atom stereocenters. The number of amides is 1. The number of carbonyl (C=O) groups excluding carboxylic acids is 1. The standard InChI is InChI=1S/C11H13N3O2/c1-2-12-10(15)7-13-11-14-8-5-3-4-6-9(8)16-11/h3-6H,2,7H2,1H3,(H,12,15)(H,13,14). The molecule has 0 fully saturated rings. The number of anilines is 1. The van der Waals surface area contributed by atoms with Crippen molar-refractivity contribution in [2.24, 2.45) is 0 Å². The molecule has 84 valence electrons. The fourth-order valence-corrected chi connectivity index (χ4v) is 1.36. The van der Waals surface area contributed by atoms with Crippen LogP contribution in [0.4, 0.5) is 6.01 Å². The molecule has 16 heavy (non-hydrogen) atoms. The summed E-state index contributed by atoms with van der Waals surface area (Å²) in [6, 6.07) is 7.82. The molecule has 2 rings (SSSR count). The third-order valence-corrected chi connectivity index (χ3v) is 2.07. The highest BCUT2D eigenvalue weighted by Gasteiger charge is 2.05. The van der Waals surface area contributed by atoms with Crippen molar-refractivity contribution in [3.05, 3.63) is 24.3 Å². The Morgan fingerprint density at radius 2 is 2.25 bits per heavy atom. The predicted octanol–water partition coefficient (Wildman–Crippen LogP) is 1.38. The summed E-state index contributed by atoms with van der Waals surface area (Å²) >= 11 is 0. The minimum atomic E-state index is -0.0789. The van der Waals surface area contributed by atoms with Gasteiger partial charge in [-0.15, -0.1) is 0 Å². The van der Waals surface area contributed by atoms with E-state index >= 15 is 0 Å². The van der Waals surface area contributed by atoms with Gasteiger partial charge in [0.2, 0.25) is 5.91 Å². The number of rotatable bonds is 4. The fraction of sp³-hybridized carbons (Fsp3) is 0.273. The van der Waals surface area contributed by atoms with E-state index in [1.54, 1.807) is 0 Å². The lowest BCUT2D eigenvalue weighted by Gasteiger charge is -2.01. The summed E-state index contributed by atoms with van der Waals surface area (Å²) in [7, 11) is 0. The van der Waals surface area contributed by atoms with Crippen molar-refractivity contribution in [2.45, 2.75) is 6.92 Å². The van der Waals surface area contributed by atoms with E-state index in [2.05, 4.69) is 15.6 Å². The van der Waals surface area contributed by atoms with Crippen LogP contribution in [-0.4, -0.2) is 24.0 Å². The Morgan fingerprint density at radius 1 is 1.44 bits per heavy atom. The number of nitrogens with zero attached hydrogens (tertiary/aromatic N) is 1. The molecule has 0 radical (unpaired) electrons. The van der Waals surface area contributed by atoms with E-state index in [-0.39, 0.29) is 12.5 Å². The van der Waals surface area contributed by atoms with Crippen LogP contribution >= 0.6 is 0 Å². The molecule has 0 unspecified atom stereocenters. The van der Waals surface area contributed by atoms with Gasteiger partial charge in [-0.2, -0.15) is 4.98 Å². The molecule has 1 amide bonds. The Morgan fingerprint density at radius 3 is 3.00 bits per heavy atom. The van der Waals surface area contributed by atoms with Crippen molar-refractivity contribution in [1.29, 1.82) is 0 Å². The monoisotopic (exact) mass is 219 g/mol. The minimum Gasteiger partial charge on any atom is -0.424 e. The van der Waals surface area contributed by atoms with Crippen molar-refractivity contribution in [1.82, 2.24) is 10.3 Å². The van der Waals surface area contributed by atoms with Gasteiger partial charge in [0.25, 0.3) is 6.01 Å². The van der Waals surface area contributed by atoms with Crippen LogP contribution in [0.3, 0.4) is 0 Å². The summed E-state index contributed by atoms with van der Waals surface area (Å²) in [4.78, 5) is 15.4. The zero-order valence-corrected chi connectivity index (χ0v) is 8.99. The smallest absolute Gasteiger partial charge is 0.296 e. The molecule has 1 heterocycles. The molecule has 0 saturated carbocycles. The average Bonchev–Trinajstić information content (AvgIpc) is 2.69. The molecule has 0 aliphatic rings. The van der Waals surface area contributed by atoms with Gasteiger partial charge in [0.05, 0.1) is 6.54 Å². The highest BCUT2D eigenvalue weighted by Crippen LogP contribution is 2.17. The van der Waals surface area contributed by atoms with Crippen LogP contribution < -0.4 is 10.6 Å². The van der Waals surface area contributed by atoms with Crippen LogP contribution in [0, 0.1) is 0 Å². The van der Waals surface area contributed by atoms with E-state index in [0.29, 0.717) is 18.1 Å². The maximum absolute atomic E-state index is 11.2. The van der Waals surface area contributed by atoms with E-state index in [4.69, 9.17) is 4.42 Å². The third kappa shape index (κ3) is 2.31. The van der Waals surface area contributed by atoms with Crippen LogP contribution in [0.1, 0.15) is 6.92 Å². The zero-order chi connectivity index (χ0) is 11.4. The van der Waals surface area contributed by atoms with Crippen LogP contribution in [0.25, 0.3) is 11.1 Å². The number of benzene rings is 1. The fourth-order valence-electron chi connectivity index (χ4n) is 1.36. The van der Waals surface area contributed by atoms with Crippen LogP contribution in [0.2, 0.25) is 0 Å². The highest BCUT2D eigenvalue weighted by atomic mass is 16.4. The lowest BCUT2D eigenvalue weighted by molar-refractivity contribution is -0.119. The summed E-state index contributed by atoms with van der Waals surface area (Å²) in [5.74, 6) is -0.0789. The number of nitrogens with one attached hydrogen (secondary N) is 2. The van der Waals surface area contributed by atoms with Gasteiger partial charge in [0.1, 0.15) is 5.52 Å². The molecule has 0 aliphatic heterocycles. The molecule has 1 aromatic heterocycles. The topological polar surface area (TPSA) is 67.2 Å². The Bertz CT molecular complexity index is 460. The van der Waals surface area contributed by atoms with E-state index < -0.39 is 0 Å². The first kappa shape index (κ1) is 10.5. The first-order valence-corrected chi connectivity index (χ1v) is 5.15. The molecule has 5 heteroatoms. The largest absolute Gasteiger partial charge is 0.424 e. The molecule has 0 spiro atoms. The van der Waals surface area contributed by atoms with Gasteiger partial charge in [-0.25, -0.2) is 0 Å². The predicted molar refractivity (Wildman–Crippen MR) is 61.2 cm³/mol. The third-order valence-electron chi connectivity index (χ3n) is 2.07. The second-order valence-corrected chi connectivity index (χ2v) is 3.29. The summed E-state index contributed by atoms with van der Waals surface area (Å²) in [5.41, 5.74) is 1.49. The van der Waals surface area contributed by atoms with Crippen LogP contribution in [-0.2, 0) is 4.79 Å². The Hall–Kier alpha value is -2.04. The molecular weight excluding hydrogens is 206 g/mol. The van der Waals surface area contributed by atoms with Crippen molar-refractivity contribution in [3.63, 3.8) is 0 Å². The molecule has 1 aromatic carbocycles. The molecule has 2 N–H and O–H groups in total. The number of fused-ring (bicyclic) bond motifs is 1. The van der Waals surface area contributed by atoms with Gasteiger partial charge in [-0.05, 0) is 19.1 Å². The SMILES string of the molecule is CCNC(=O)CNc1nc2ccccc2o1. The van der Waals surface area contributed by atoms with Gasteiger partial charge < -0.3 is 15.1 Å². The molecule has 2 aromatic rings. The van der Waals surface area contributed by atoms with E-state index in [0.717, 1.165) is 5.52 Å². The Kier molecular flexibility index (Phi) is 3.05. The van der Waals surface area contributed by atoms with Crippen molar-refractivity contribution in [3.8, 4) is 0 Å². The van der Waals surface area contributed by atoms with Crippen molar-refractivity contribution >= 4 is 23.0 Å². The van der Waals surface area contributed by atoms with Crippen LogP contribution in [0.15, 0.2) is 28.7 Å². The molecule has 0 bridgehead atoms. The number of hydrogen-bond donors (Lipinski definition) is 2. The Labute approximate surface area is 92.8 Å².